The Morgan fingerprint density at radius 1 is 1.00 bits per heavy atom. The van der Waals surface area contributed by atoms with E-state index in [0.717, 1.165) is 12.7 Å². The Hall–Kier alpha value is 2.10. The summed E-state index contributed by atoms with van der Waals surface area (Å²) in [5.74, 6) is 0. The maximum absolute atomic E-state index is 3.48. The largest absolute Gasteiger partial charge is 0.129 e. The summed E-state index contributed by atoms with van der Waals surface area (Å²) in [7, 11) is 0. The van der Waals surface area contributed by atoms with Gasteiger partial charge in [0.15, 0.2) is 0 Å². The molecule has 0 bridgehead atoms. The summed E-state index contributed by atoms with van der Waals surface area (Å²) in [6.07, 6.45) is 0. The summed E-state index contributed by atoms with van der Waals surface area (Å²) in [5.41, 5.74) is 0. The number of halogens is 5. The topological polar surface area (TPSA) is 0 Å². The maximum atomic E-state index is 3.48. The second-order valence-electron chi connectivity index (χ2n) is 1.67. The fourth-order valence-corrected chi connectivity index (χ4v) is 5.20. The molecule has 0 nitrogen and oxygen atoms in total. The first-order valence-corrected chi connectivity index (χ1v) is 7.48. The number of rotatable bonds is 1. The van der Waals surface area contributed by atoms with Gasteiger partial charge in [0.1, 0.15) is 3.74 Å². The van der Waals surface area contributed by atoms with E-state index >= 15 is 0 Å². The summed E-state index contributed by atoms with van der Waals surface area (Å²) in [6.45, 7) is 0. The van der Waals surface area contributed by atoms with Crippen molar-refractivity contribution in [2.45, 2.75) is 3.74 Å². The van der Waals surface area contributed by atoms with Crippen LogP contribution in [0.15, 0.2) is 12.7 Å². The lowest BCUT2D eigenvalue weighted by molar-refractivity contribution is 1.50. The SMILES string of the molecule is Brc1sc(C(Br)Br)c(Br)c1Br. The molecule has 11 heavy (non-hydrogen) atoms. The lowest BCUT2D eigenvalue weighted by Crippen LogP contribution is -1.71. The van der Waals surface area contributed by atoms with Crippen LogP contribution < -0.4 is 0 Å². The van der Waals surface area contributed by atoms with Crippen LogP contribution in [0.4, 0.5) is 0 Å². The minimum Gasteiger partial charge on any atom is -0.129 e. The van der Waals surface area contributed by atoms with Gasteiger partial charge in [0.05, 0.1) is 8.26 Å². The van der Waals surface area contributed by atoms with Gasteiger partial charge < -0.3 is 0 Å². The van der Waals surface area contributed by atoms with Crippen molar-refractivity contribution in [3.8, 4) is 0 Å². The molecule has 1 heterocycles. The highest BCUT2D eigenvalue weighted by Crippen LogP contribution is 2.47. The van der Waals surface area contributed by atoms with E-state index < -0.39 is 0 Å². The molecular weight excluding hydrogens is 492 g/mol. The Bertz CT molecular complexity index is 266. The van der Waals surface area contributed by atoms with Gasteiger partial charge in [-0.25, -0.2) is 0 Å². The first-order chi connectivity index (χ1) is 5.04. The van der Waals surface area contributed by atoms with Gasteiger partial charge in [-0.05, 0) is 47.8 Å². The van der Waals surface area contributed by atoms with Gasteiger partial charge >= 0.3 is 0 Å². The van der Waals surface area contributed by atoms with E-state index in [1.807, 2.05) is 0 Å². The first kappa shape index (κ1) is 11.2. The molecule has 1 aromatic rings. The Kier molecular flexibility index (Phi) is 4.62. The van der Waals surface area contributed by atoms with Crippen molar-refractivity contribution in [1.82, 2.24) is 0 Å². The number of hydrogen-bond acceptors (Lipinski definition) is 1. The monoisotopic (exact) mass is 488 g/mol. The Morgan fingerprint density at radius 3 is 1.73 bits per heavy atom. The van der Waals surface area contributed by atoms with Gasteiger partial charge in [-0.2, -0.15) is 0 Å². The molecule has 0 unspecified atom stereocenters. The summed E-state index contributed by atoms with van der Waals surface area (Å²) >= 11 is 18.9. The zero-order chi connectivity index (χ0) is 8.59. The molecule has 0 radical (unpaired) electrons. The molecule has 1 rings (SSSR count). The van der Waals surface area contributed by atoms with Crippen molar-refractivity contribution in [2.75, 3.05) is 0 Å². The average Bonchev–Trinajstić information content (AvgIpc) is 2.17. The summed E-state index contributed by atoms with van der Waals surface area (Å²) in [6, 6.07) is 0. The highest BCUT2D eigenvalue weighted by molar-refractivity contribution is 9.24. The molecule has 0 aromatic carbocycles. The third-order valence-electron chi connectivity index (χ3n) is 0.979. The molecule has 0 aliphatic rings. The lowest BCUT2D eigenvalue weighted by Gasteiger charge is -1.96. The molecule has 0 saturated carbocycles. The standard InChI is InChI=1S/C5HBr5S/c6-1-2(7)5(10)11-3(1)4(8)9/h4H. The highest BCUT2D eigenvalue weighted by Gasteiger charge is 2.16. The summed E-state index contributed by atoms with van der Waals surface area (Å²) in [4.78, 5) is 1.21. The Balaban J connectivity index is 3.19. The molecule has 0 amide bonds. The molecule has 62 valence electrons. The quantitative estimate of drug-likeness (QED) is 0.433. The van der Waals surface area contributed by atoms with E-state index in [1.165, 1.54) is 4.88 Å². The van der Waals surface area contributed by atoms with E-state index in [2.05, 4.69) is 79.6 Å². The fraction of sp³-hybridized carbons (Fsp3) is 0.200. The highest BCUT2D eigenvalue weighted by atomic mass is 79.9. The van der Waals surface area contributed by atoms with Gasteiger partial charge in [0.25, 0.3) is 0 Å². The van der Waals surface area contributed by atoms with Crippen molar-refractivity contribution in [3.05, 3.63) is 17.6 Å². The molecule has 0 aliphatic heterocycles. The van der Waals surface area contributed by atoms with Crippen LogP contribution in [0.1, 0.15) is 8.61 Å². The molecule has 0 atom stereocenters. The van der Waals surface area contributed by atoms with Crippen molar-refractivity contribution in [3.63, 3.8) is 0 Å². The van der Waals surface area contributed by atoms with Gasteiger partial charge in [-0.15, -0.1) is 11.3 Å². The molecule has 0 saturated heterocycles. The molecule has 6 heteroatoms. The number of thiophene rings is 1. The molecule has 0 N–H and O–H groups in total. The van der Waals surface area contributed by atoms with E-state index in [1.54, 1.807) is 11.3 Å². The number of hydrogen-bond donors (Lipinski definition) is 0. The van der Waals surface area contributed by atoms with Crippen molar-refractivity contribution in [1.29, 1.82) is 0 Å². The fourth-order valence-electron chi connectivity index (χ4n) is 0.521. The second-order valence-corrected chi connectivity index (χ2v) is 8.68. The van der Waals surface area contributed by atoms with Gasteiger partial charge in [-0.1, -0.05) is 31.9 Å². The normalized spacial score (nSPS) is 11.1. The molecule has 0 spiro atoms. The van der Waals surface area contributed by atoms with Gasteiger partial charge in [-0.3, -0.25) is 0 Å². The summed E-state index contributed by atoms with van der Waals surface area (Å²) in [5, 5.41) is 0. The van der Waals surface area contributed by atoms with Crippen LogP contribution in [0.5, 0.6) is 0 Å². The van der Waals surface area contributed by atoms with E-state index in [9.17, 15) is 0 Å². The van der Waals surface area contributed by atoms with Crippen molar-refractivity contribution in [2.24, 2.45) is 0 Å². The van der Waals surface area contributed by atoms with Crippen LogP contribution >= 0.6 is 91.0 Å². The van der Waals surface area contributed by atoms with Crippen LogP contribution in [0, 0.1) is 0 Å². The number of alkyl halides is 2. The Morgan fingerprint density at radius 2 is 1.55 bits per heavy atom. The van der Waals surface area contributed by atoms with Crippen LogP contribution in [-0.4, -0.2) is 0 Å². The summed E-state index contributed by atoms with van der Waals surface area (Å²) < 4.78 is 3.47. The first-order valence-electron chi connectivity index (χ1n) is 2.45. The second kappa shape index (κ2) is 4.55. The predicted octanol–water partition coefficient (Wildman–Crippen LogP) is 5.82. The molecular formula is C5HBr5S. The third-order valence-corrected chi connectivity index (χ3v) is 7.63. The maximum Gasteiger partial charge on any atom is 0.105 e. The van der Waals surface area contributed by atoms with Crippen LogP contribution in [0.3, 0.4) is 0 Å². The minimum atomic E-state index is 0.206. The Labute approximate surface area is 111 Å². The predicted molar refractivity (Wildman–Crippen MR) is 68.0 cm³/mol. The van der Waals surface area contributed by atoms with Crippen molar-refractivity contribution >= 4 is 91.0 Å². The van der Waals surface area contributed by atoms with Crippen LogP contribution in [-0.2, 0) is 0 Å². The van der Waals surface area contributed by atoms with Gasteiger partial charge in [0, 0.05) is 9.35 Å². The molecule has 0 aliphatic carbocycles. The zero-order valence-electron chi connectivity index (χ0n) is 4.88. The van der Waals surface area contributed by atoms with Crippen LogP contribution in [0.25, 0.3) is 0 Å². The van der Waals surface area contributed by atoms with E-state index in [0.29, 0.717) is 0 Å². The third kappa shape index (κ3) is 2.53. The molecule has 0 fully saturated rings. The van der Waals surface area contributed by atoms with Crippen molar-refractivity contribution < 1.29 is 0 Å². The van der Waals surface area contributed by atoms with E-state index in [-0.39, 0.29) is 3.74 Å². The smallest absolute Gasteiger partial charge is 0.105 e. The lowest BCUT2D eigenvalue weighted by atomic mass is 10.5. The molecule has 1 aromatic heterocycles. The zero-order valence-corrected chi connectivity index (χ0v) is 13.6. The van der Waals surface area contributed by atoms with E-state index in [4.69, 9.17) is 0 Å². The average molecular weight is 493 g/mol. The van der Waals surface area contributed by atoms with Gasteiger partial charge in [0.2, 0.25) is 0 Å². The minimum absolute atomic E-state index is 0.206. The van der Waals surface area contributed by atoms with Crippen LogP contribution in [0.2, 0.25) is 0 Å².